The summed E-state index contributed by atoms with van der Waals surface area (Å²) in [5.41, 5.74) is 1.58. The van der Waals surface area contributed by atoms with Crippen molar-refractivity contribution in [2.45, 2.75) is 13.3 Å². The van der Waals surface area contributed by atoms with Crippen LogP contribution in [0, 0.1) is 0 Å². The second-order valence-electron chi connectivity index (χ2n) is 3.43. The Balaban J connectivity index is 2.90. The number of aromatic carboxylic acids is 1. The van der Waals surface area contributed by atoms with Crippen LogP contribution in [-0.2, 0) is 6.42 Å². The first-order valence-corrected chi connectivity index (χ1v) is 5.33. The highest BCUT2D eigenvalue weighted by Crippen LogP contribution is 2.26. The summed E-state index contributed by atoms with van der Waals surface area (Å²) in [5, 5.41) is 10.0. The summed E-state index contributed by atoms with van der Waals surface area (Å²) in [6, 6.07) is 7.41. The van der Waals surface area contributed by atoms with E-state index in [1.807, 2.05) is 31.2 Å². The molecule has 0 spiro atoms. The topological polar surface area (TPSA) is 50.2 Å². The molecule has 1 N–H and O–H groups in total. The Hall–Kier alpha value is -1.61. The largest absolute Gasteiger partial charge is 0.478 e. The number of carboxylic acid groups (broad SMARTS) is 1. The highest BCUT2D eigenvalue weighted by atomic mass is 35.5. The van der Waals surface area contributed by atoms with Gasteiger partial charge < -0.3 is 5.11 Å². The van der Waals surface area contributed by atoms with Crippen molar-refractivity contribution >= 4 is 28.5 Å². The van der Waals surface area contributed by atoms with Crippen LogP contribution in [0.3, 0.4) is 0 Å². The van der Waals surface area contributed by atoms with Crippen molar-refractivity contribution in [3.05, 3.63) is 40.5 Å². The van der Waals surface area contributed by atoms with E-state index >= 15 is 0 Å². The maximum Gasteiger partial charge on any atom is 0.339 e. The van der Waals surface area contributed by atoms with E-state index in [1.54, 1.807) is 0 Å². The first-order chi connectivity index (χ1) is 7.65. The Morgan fingerprint density at radius 2 is 2.12 bits per heavy atom. The number of rotatable bonds is 2. The third kappa shape index (κ3) is 1.63. The Labute approximate surface area is 97.7 Å². The Morgan fingerprint density at radius 3 is 2.75 bits per heavy atom. The van der Waals surface area contributed by atoms with Gasteiger partial charge in [-0.1, -0.05) is 36.7 Å². The zero-order valence-corrected chi connectivity index (χ0v) is 9.45. The van der Waals surface area contributed by atoms with Gasteiger partial charge in [-0.15, -0.1) is 0 Å². The number of aryl methyl sites for hydroxylation is 1. The van der Waals surface area contributed by atoms with Gasteiger partial charge in [0.25, 0.3) is 0 Å². The van der Waals surface area contributed by atoms with Gasteiger partial charge in [-0.05, 0) is 18.1 Å². The lowest BCUT2D eigenvalue weighted by molar-refractivity contribution is 0.0696. The first-order valence-electron chi connectivity index (χ1n) is 4.95. The molecule has 0 amide bonds. The molecule has 0 unspecified atom stereocenters. The van der Waals surface area contributed by atoms with Crippen molar-refractivity contribution in [2.75, 3.05) is 0 Å². The predicted molar refractivity (Wildman–Crippen MR) is 63.1 cm³/mol. The van der Waals surface area contributed by atoms with Crippen molar-refractivity contribution in [3.8, 4) is 0 Å². The zero-order chi connectivity index (χ0) is 11.7. The molecule has 0 aliphatic rings. The van der Waals surface area contributed by atoms with Crippen LogP contribution in [0.5, 0.6) is 0 Å². The van der Waals surface area contributed by atoms with Crippen LogP contribution in [0.15, 0.2) is 24.3 Å². The second kappa shape index (κ2) is 4.10. The lowest BCUT2D eigenvalue weighted by Gasteiger charge is -2.09. The summed E-state index contributed by atoms with van der Waals surface area (Å²) < 4.78 is 0. The normalized spacial score (nSPS) is 10.6. The highest BCUT2D eigenvalue weighted by Gasteiger charge is 2.17. The van der Waals surface area contributed by atoms with Crippen LogP contribution in [-0.4, -0.2) is 16.1 Å². The monoisotopic (exact) mass is 235 g/mol. The van der Waals surface area contributed by atoms with Crippen molar-refractivity contribution < 1.29 is 9.90 Å². The summed E-state index contributed by atoms with van der Waals surface area (Å²) in [6.45, 7) is 1.91. The number of aromatic nitrogens is 1. The van der Waals surface area contributed by atoms with Crippen LogP contribution in [0.25, 0.3) is 10.9 Å². The molecule has 0 atom stereocenters. The molecule has 0 aliphatic heterocycles. The van der Waals surface area contributed by atoms with Gasteiger partial charge in [-0.25, -0.2) is 9.78 Å². The fraction of sp³-hybridized carbons (Fsp3) is 0.167. The lowest BCUT2D eigenvalue weighted by atomic mass is 10.0. The molecule has 4 heteroatoms. The predicted octanol–water partition coefficient (Wildman–Crippen LogP) is 3.15. The van der Waals surface area contributed by atoms with Crippen LogP contribution < -0.4 is 0 Å². The minimum Gasteiger partial charge on any atom is -0.478 e. The quantitative estimate of drug-likeness (QED) is 0.814. The number of carboxylic acids is 1. The third-order valence-corrected chi connectivity index (χ3v) is 2.80. The second-order valence-corrected chi connectivity index (χ2v) is 3.79. The van der Waals surface area contributed by atoms with Gasteiger partial charge in [0.05, 0.1) is 5.52 Å². The molecular formula is C12H10ClNO2. The average Bonchev–Trinajstić information content (AvgIpc) is 2.26. The van der Waals surface area contributed by atoms with Crippen LogP contribution in [0.1, 0.15) is 22.8 Å². The molecule has 2 aromatic rings. The molecule has 0 bridgehead atoms. The van der Waals surface area contributed by atoms with Gasteiger partial charge in [0.15, 0.2) is 0 Å². The molecule has 82 valence electrons. The third-order valence-electron chi connectivity index (χ3n) is 2.52. The van der Waals surface area contributed by atoms with E-state index in [0.29, 0.717) is 6.42 Å². The number of nitrogens with zero attached hydrogens (tertiary/aromatic N) is 1. The number of hydrogen-bond acceptors (Lipinski definition) is 2. The molecule has 2 rings (SSSR count). The summed E-state index contributed by atoms with van der Waals surface area (Å²) in [5.74, 6) is -1.03. The van der Waals surface area contributed by atoms with Crippen molar-refractivity contribution in [1.82, 2.24) is 4.98 Å². The van der Waals surface area contributed by atoms with Gasteiger partial charge in [0.2, 0.25) is 0 Å². The van der Waals surface area contributed by atoms with E-state index in [2.05, 4.69) is 4.98 Å². The summed E-state index contributed by atoms with van der Waals surface area (Å²) >= 11 is 5.89. The molecule has 3 nitrogen and oxygen atoms in total. The highest BCUT2D eigenvalue weighted by molar-refractivity contribution is 6.33. The van der Waals surface area contributed by atoms with E-state index in [-0.39, 0.29) is 10.7 Å². The van der Waals surface area contributed by atoms with Gasteiger partial charge >= 0.3 is 5.97 Å². The number of benzene rings is 1. The molecule has 0 radical (unpaired) electrons. The molecule has 16 heavy (non-hydrogen) atoms. The maximum absolute atomic E-state index is 11.1. The minimum atomic E-state index is -1.03. The standard InChI is InChI=1S/C12H10ClNO2/c1-2-7-8-5-3-4-6-9(8)14-11(13)10(7)12(15)16/h3-6H,2H2,1H3,(H,15,16). The first kappa shape index (κ1) is 10.9. The Morgan fingerprint density at radius 1 is 1.44 bits per heavy atom. The molecule has 0 fully saturated rings. The summed E-state index contributed by atoms with van der Waals surface area (Å²) in [4.78, 5) is 15.2. The van der Waals surface area contributed by atoms with Crippen LogP contribution in [0.2, 0.25) is 5.15 Å². The van der Waals surface area contributed by atoms with E-state index < -0.39 is 5.97 Å². The fourth-order valence-corrected chi connectivity index (χ4v) is 2.12. The smallest absolute Gasteiger partial charge is 0.339 e. The average molecular weight is 236 g/mol. The number of carbonyl (C=O) groups is 1. The number of halogens is 1. The minimum absolute atomic E-state index is 0.0584. The molecule has 1 heterocycles. The Bertz CT molecular complexity index is 566. The number of hydrogen-bond donors (Lipinski definition) is 1. The molecule has 0 saturated heterocycles. The van der Waals surface area contributed by atoms with Crippen molar-refractivity contribution in [3.63, 3.8) is 0 Å². The summed E-state index contributed by atoms with van der Waals surface area (Å²) in [7, 11) is 0. The summed E-state index contributed by atoms with van der Waals surface area (Å²) in [6.07, 6.45) is 0.615. The number of para-hydroxylation sites is 1. The molecule has 0 aliphatic carbocycles. The SMILES string of the molecule is CCc1c(C(=O)O)c(Cl)nc2ccccc12. The zero-order valence-electron chi connectivity index (χ0n) is 8.70. The number of fused-ring (bicyclic) bond motifs is 1. The van der Waals surface area contributed by atoms with Gasteiger partial charge in [0.1, 0.15) is 10.7 Å². The van der Waals surface area contributed by atoms with Gasteiger partial charge in [-0.3, -0.25) is 0 Å². The van der Waals surface area contributed by atoms with Crippen LogP contribution in [0.4, 0.5) is 0 Å². The molecular weight excluding hydrogens is 226 g/mol. The van der Waals surface area contributed by atoms with E-state index in [9.17, 15) is 4.79 Å². The van der Waals surface area contributed by atoms with Crippen LogP contribution >= 0.6 is 11.6 Å². The fourth-order valence-electron chi connectivity index (χ4n) is 1.83. The van der Waals surface area contributed by atoms with Gasteiger partial charge in [0, 0.05) is 5.39 Å². The molecule has 1 aromatic carbocycles. The molecule has 1 aromatic heterocycles. The van der Waals surface area contributed by atoms with Crippen molar-refractivity contribution in [2.24, 2.45) is 0 Å². The Kier molecular flexibility index (Phi) is 2.79. The van der Waals surface area contributed by atoms with E-state index in [4.69, 9.17) is 16.7 Å². The molecule has 0 saturated carbocycles. The van der Waals surface area contributed by atoms with Crippen molar-refractivity contribution in [1.29, 1.82) is 0 Å². The number of pyridine rings is 1. The van der Waals surface area contributed by atoms with Gasteiger partial charge in [-0.2, -0.15) is 0 Å². The van der Waals surface area contributed by atoms with E-state index in [0.717, 1.165) is 16.5 Å². The maximum atomic E-state index is 11.1. The van der Waals surface area contributed by atoms with E-state index in [1.165, 1.54) is 0 Å². The lowest BCUT2D eigenvalue weighted by Crippen LogP contribution is -2.05.